The van der Waals surface area contributed by atoms with Crippen LogP contribution in [0, 0.1) is 0 Å². The lowest BCUT2D eigenvalue weighted by molar-refractivity contribution is -0.115. The van der Waals surface area contributed by atoms with Gasteiger partial charge in [0.1, 0.15) is 11.5 Å². The minimum absolute atomic E-state index is 0.117. The number of anilines is 2. The van der Waals surface area contributed by atoms with E-state index < -0.39 is 0 Å². The smallest absolute Gasteiger partial charge is 0.228 e. The lowest BCUT2D eigenvalue weighted by atomic mass is 10.1. The maximum atomic E-state index is 12.3. The highest BCUT2D eigenvalue weighted by molar-refractivity contribution is 5.94. The monoisotopic (exact) mass is 328 g/mol. The number of amides is 1. The summed E-state index contributed by atoms with van der Waals surface area (Å²) in [5.41, 5.74) is 7.86. The highest BCUT2D eigenvalue weighted by atomic mass is 16.5. The number of nitrogen functional groups attached to an aromatic ring is 1. The van der Waals surface area contributed by atoms with Crippen LogP contribution in [0.15, 0.2) is 42.5 Å². The van der Waals surface area contributed by atoms with Gasteiger partial charge < -0.3 is 20.5 Å². The molecule has 0 aliphatic rings. The molecule has 0 fully saturated rings. The largest absolute Gasteiger partial charge is 0.497 e. The Balaban J connectivity index is 2.07. The average molecular weight is 328 g/mol. The van der Waals surface area contributed by atoms with Crippen molar-refractivity contribution in [3.63, 3.8) is 0 Å². The van der Waals surface area contributed by atoms with E-state index in [1.807, 2.05) is 24.3 Å². The van der Waals surface area contributed by atoms with Gasteiger partial charge in [-0.1, -0.05) is 25.5 Å². The second kappa shape index (κ2) is 8.82. The number of unbranched alkanes of at least 4 members (excludes halogenated alkanes) is 1. The van der Waals surface area contributed by atoms with E-state index in [9.17, 15) is 4.79 Å². The number of methoxy groups -OCH3 is 1. The van der Waals surface area contributed by atoms with Crippen molar-refractivity contribution in [1.82, 2.24) is 0 Å². The second-order valence-electron chi connectivity index (χ2n) is 5.53. The third-order valence-corrected chi connectivity index (χ3v) is 3.56. The van der Waals surface area contributed by atoms with Crippen molar-refractivity contribution in [1.29, 1.82) is 0 Å². The fourth-order valence-electron chi connectivity index (χ4n) is 2.20. The van der Waals surface area contributed by atoms with Gasteiger partial charge in [0.05, 0.1) is 25.8 Å². The molecule has 0 radical (unpaired) electrons. The van der Waals surface area contributed by atoms with E-state index in [1.54, 1.807) is 25.3 Å². The zero-order valence-electron chi connectivity index (χ0n) is 14.2. The number of rotatable bonds is 8. The van der Waals surface area contributed by atoms with Crippen molar-refractivity contribution in [2.45, 2.75) is 26.2 Å². The molecule has 5 nitrogen and oxygen atoms in total. The topological polar surface area (TPSA) is 73.6 Å². The van der Waals surface area contributed by atoms with Crippen LogP contribution in [-0.2, 0) is 11.2 Å². The first-order valence-corrected chi connectivity index (χ1v) is 8.07. The first-order valence-electron chi connectivity index (χ1n) is 8.07. The van der Waals surface area contributed by atoms with Crippen LogP contribution >= 0.6 is 0 Å². The molecule has 0 unspecified atom stereocenters. The van der Waals surface area contributed by atoms with Gasteiger partial charge in [0.2, 0.25) is 5.91 Å². The van der Waals surface area contributed by atoms with Crippen molar-refractivity contribution in [3.8, 4) is 11.5 Å². The summed E-state index contributed by atoms with van der Waals surface area (Å²) in [7, 11) is 1.59. The molecular weight excluding hydrogens is 304 g/mol. The Labute approximate surface area is 142 Å². The average Bonchev–Trinajstić information content (AvgIpc) is 2.58. The van der Waals surface area contributed by atoms with Gasteiger partial charge in [-0.25, -0.2) is 0 Å². The summed E-state index contributed by atoms with van der Waals surface area (Å²) < 4.78 is 11.0. The van der Waals surface area contributed by atoms with E-state index in [1.165, 1.54) is 0 Å². The quantitative estimate of drug-likeness (QED) is 0.573. The molecule has 0 spiro atoms. The second-order valence-corrected chi connectivity index (χ2v) is 5.53. The standard InChI is InChI=1S/C19H24N2O3/c1-3-4-11-24-18-10-9-16(23-2)13-17(18)21-19(22)12-14-5-7-15(20)8-6-14/h5-10,13H,3-4,11-12,20H2,1-2H3,(H,21,22). The number of hydrogen-bond acceptors (Lipinski definition) is 4. The molecule has 2 rings (SSSR count). The highest BCUT2D eigenvalue weighted by Crippen LogP contribution is 2.29. The number of nitrogens with two attached hydrogens (primary N) is 1. The van der Waals surface area contributed by atoms with Gasteiger partial charge in [-0.2, -0.15) is 0 Å². The molecule has 5 heteroatoms. The van der Waals surface area contributed by atoms with Gasteiger partial charge in [-0.15, -0.1) is 0 Å². The summed E-state index contributed by atoms with van der Waals surface area (Å²) in [5, 5.41) is 2.90. The number of ether oxygens (including phenoxy) is 2. The third kappa shape index (κ3) is 5.19. The summed E-state index contributed by atoms with van der Waals surface area (Å²) in [6.45, 7) is 2.72. The van der Waals surface area contributed by atoms with Gasteiger partial charge in [0.15, 0.2) is 0 Å². The van der Waals surface area contributed by atoms with E-state index in [2.05, 4.69) is 12.2 Å². The Hall–Kier alpha value is -2.69. The molecule has 2 aromatic carbocycles. The first kappa shape index (κ1) is 17.7. The fourth-order valence-corrected chi connectivity index (χ4v) is 2.20. The predicted octanol–water partition coefficient (Wildman–Crippen LogP) is 3.64. The van der Waals surface area contributed by atoms with Gasteiger partial charge in [-0.05, 0) is 36.2 Å². The van der Waals surface area contributed by atoms with Crippen LogP contribution in [0.3, 0.4) is 0 Å². The van der Waals surface area contributed by atoms with E-state index in [-0.39, 0.29) is 12.3 Å². The lowest BCUT2D eigenvalue weighted by Crippen LogP contribution is -2.15. The summed E-state index contributed by atoms with van der Waals surface area (Å²) >= 11 is 0. The van der Waals surface area contributed by atoms with Crippen molar-refractivity contribution >= 4 is 17.3 Å². The van der Waals surface area contributed by atoms with Crippen LogP contribution in [0.1, 0.15) is 25.3 Å². The zero-order valence-corrected chi connectivity index (χ0v) is 14.2. The number of benzene rings is 2. The molecule has 0 saturated carbocycles. The number of carbonyl (C=O) groups excluding carboxylic acids is 1. The molecule has 0 atom stereocenters. The molecule has 0 heterocycles. The van der Waals surface area contributed by atoms with Gasteiger partial charge in [0.25, 0.3) is 0 Å². The fraction of sp³-hybridized carbons (Fsp3) is 0.316. The molecule has 0 bridgehead atoms. The molecule has 0 aliphatic heterocycles. The Bertz CT molecular complexity index is 669. The normalized spacial score (nSPS) is 10.2. The van der Waals surface area contributed by atoms with Crippen molar-refractivity contribution in [2.75, 3.05) is 24.8 Å². The molecule has 1 amide bonds. The SMILES string of the molecule is CCCCOc1ccc(OC)cc1NC(=O)Cc1ccc(N)cc1. The molecule has 0 aromatic heterocycles. The predicted molar refractivity (Wildman–Crippen MR) is 96.6 cm³/mol. The molecule has 24 heavy (non-hydrogen) atoms. The van der Waals surface area contributed by atoms with Crippen molar-refractivity contribution < 1.29 is 14.3 Å². The molecule has 0 saturated heterocycles. The van der Waals surface area contributed by atoms with E-state index in [0.717, 1.165) is 18.4 Å². The first-order chi connectivity index (χ1) is 11.6. The Kier molecular flexibility index (Phi) is 6.49. The Morgan fingerprint density at radius 3 is 2.58 bits per heavy atom. The van der Waals surface area contributed by atoms with Crippen LogP contribution in [0.25, 0.3) is 0 Å². The number of carbonyl (C=O) groups is 1. The van der Waals surface area contributed by atoms with Gasteiger partial charge in [0, 0.05) is 11.8 Å². The van der Waals surface area contributed by atoms with E-state index in [4.69, 9.17) is 15.2 Å². The highest BCUT2D eigenvalue weighted by Gasteiger charge is 2.10. The maximum Gasteiger partial charge on any atom is 0.228 e. The van der Waals surface area contributed by atoms with Crippen LogP contribution < -0.4 is 20.5 Å². The Morgan fingerprint density at radius 1 is 1.17 bits per heavy atom. The molecule has 0 aliphatic carbocycles. The Morgan fingerprint density at radius 2 is 1.92 bits per heavy atom. The summed E-state index contributed by atoms with van der Waals surface area (Å²) in [6, 6.07) is 12.7. The van der Waals surface area contributed by atoms with Gasteiger partial charge in [-0.3, -0.25) is 4.79 Å². The van der Waals surface area contributed by atoms with E-state index in [0.29, 0.717) is 29.5 Å². The molecule has 3 N–H and O–H groups in total. The summed E-state index contributed by atoms with van der Waals surface area (Å²) in [4.78, 5) is 12.3. The van der Waals surface area contributed by atoms with Crippen molar-refractivity contribution in [2.24, 2.45) is 0 Å². The summed E-state index contributed by atoms with van der Waals surface area (Å²) in [6.07, 6.45) is 2.28. The number of hydrogen-bond donors (Lipinski definition) is 2. The van der Waals surface area contributed by atoms with Crippen LogP contribution in [0.5, 0.6) is 11.5 Å². The molecule has 128 valence electrons. The van der Waals surface area contributed by atoms with Crippen molar-refractivity contribution in [3.05, 3.63) is 48.0 Å². The van der Waals surface area contributed by atoms with Crippen LogP contribution in [-0.4, -0.2) is 19.6 Å². The summed E-state index contributed by atoms with van der Waals surface area (Å²) in [5.74, 6) is 1.20. The third-order valence-electron chi connectivity index (χ3n) is 3.56. The molecular formula is C19H24N2O3. The van der Waals surface area contributed by atoms with Crippen LogP contribution in [0.4, 0.5) is 11.4 Å². The zero-order chi connectivity index (χ0) is 17.4. The van der Waals surface area contributed by atoms with E-state index >= 15 is 0 Å². The minimum atomic E-state index is -0.117. The maximum absolute atomic E-state index is 12.3. The van der Waals surface area contributed by atoms with Gasteiger partial charge >= 0.3 is 0 Å². The lowest BCUT2D eigenvalue weighted by Gasteiger charge is -2.14. The number of nitrogens with one attached hydrogen (secondary N) is 1. The van der Waals surface area contributed by atoms with Crippen LogP contribution in [0.2, 0.25) is 0 Å². The molecule has 2 aromatic rings. The minimum Gasteiger partial charge on any atom is -0.497 e.